The van der Waals surface area contributed by atoms with Crippen LogP contribution in [0, 0.1) is 11.8 Å². The van der Waals surface area contributed by atoms with Gasteiger partial charge < -0.3 is 40.4 Å². The first-order valence-corrected chi connectivity index (χ1v) is 21.2. The summed E-state index contributed by atoms with van der Waals surface area (Å²) in [6.07, 6.45) is 0.336. The van der Waals surface area contributed by atoms with E-state index in [2.05, 4.69) is 45.5 Å². The molecule has 4 amide bonds. The number of hydrogen-bond donors (Lipinski definition) is 4. The van der Waals surface area contributed by atoms with Crippen molar-refractivity contribution in [3.05, 3.63) is 95.6 Å². The molecule has 3 aromatic rings. The smallest absolute Gasteiger partial charge is 0.407 e. The van der Waals surface area contributed by atoms with Crippen molar-refractivity contribution in [1.82, 2.24) is 26.2 Å². The van der Waals surface area contributed by atoms with Gasteiger partial charge in [0.25, 0.3) is 0 Å². The van der Waals surface area contributed by atoms with Gasteiger partial charge in [0.05, 0.1) is 25.8 Å². The number of carbonyl (C=O) groups excluding carboxylic acids is 5. The fraction of sp³-hybridized carbons (Fsp3) is 0.511. The molecule has 13 heteroatoms. The maximum absolute atomic E-state index is 14.2. The summed E-state index contributed by atoms with van der Waals surface area (Å²) in [6.45, 7) is 13.1. The zero-order valence-corrected chi connectivity index (χ0v) is 36.1. The van der Waals surface area contributed by atoms with E-state index in [1.54, 1.807) is 20.8 Å². The average Bonchev–Trinajstić information content (AvgIpc) is 3.52. The summed E-state index contributed by atoms with van der Waals surface area (Å²) in [5.74, 6) is -2.11. The monoisotopic (exact) mass is 825 g/mol. The van der Waals surface area contributed by atoms with Crippen LogP contribution in [0.3, 0.4) is 0 Å². The second-order valence-electron chi connectivity index (χ2n) is 17.6. The van der Waals surface area contributed by atoms with E-state index >= 15 is 0 Å². The Morgan fingerprint density at radius 2 is 1.45 bits per heavy atom. The first-order chi connectivity index (χ1) is 28.6. The molecule has 1 heterocycles. The number of benzene rings is 3. The van der Waals surface area contributed by atoms with Crippen molar-refractivity contribution in [2.24, 2.45) is 11.8 Å². The van der Waals surface area contributed by atoms with Crippen LogP contribution in [0.5, 0.6) is 0 Å². The zero-order valence-electron chi connectivity index (χ0n) is 36.1. The first-order valence-electron chi connectivity index (χ1n) is 21.2. The van der Waals surface area contributed by atoms with Gasteiger partial charge in [0.2, 0.25) is 17.7 Å². The third-order valence-electron chi connectivity index (χ3n) is 10.5. The van der Waals surface area contributed by atoms with Crippen LogP contribution in [-0.4, -0.2) is 97.3 Å². The van der Waals surface area contributed by atoms with E-state index in [9.17, 15) is 24.0 Å². The minimum absolute atomic E-state index is 0.0158. The van der Waals surface area contributed by atoms with Crippen molar-refractivity contribution in [1.29, 1.82) is 0 Å². The van der Waals surface area contributed by atoms with Crippen molar-refractivity contribution < 1.29 is 38.2 Å². The highest BCUT2D eigenvalue weighted by Gasteiger charge is 2.36. The molecule has 0 radical (unpaired) electrons. The fourth-order valence-electron chi connectivity index (χ4n) is 7.73. The third kappa shape index (κ3) is 13.1. The van der Waals surface area contributed by atoms with Gasteiger partial charge in [-0.25, -0.2) is 9.59 Å². The Balaban J connectivity index is 1.39. The van der Waals surface area contributed by atoms with Crippen molar-refractivity contribution in [3.63, 3.8) is 0 Å². The normalized spacial score (nSPS) is 19.6. The predicted molar refractivity (Wildman–Crippen MR) is 230 cm³/mol. The number of nitrogens with zero attached hydrogens (tertiary/aromatic N) is 1. The number of esters is 1. The van der Waals surface area contributed by atoms with E-state index in [-0.39, 0.29) is 57.1 Å². The Morgan fingerprint density at radius 1 is 0.817 bits per heavy atom. The molecule has 1 unspecified atom stereocenters. The van der Waals surface area contributed by atoms with Crippen LogP contribution < -0.4 is 21.3 Å². The Kier molecular flexibility index (Phi) is 16.3. The maximum Gasteiger partial charge on any atom is 0.407 e. The Labute approximate surface area is 354 Å². The molecule has 0 spiro atoms. The van der Waals surface area contributed by atoms with Gasteiger partial charge in [-0.15, -0.1) is 0 Å². The lowest BCUT2D eigenvalue weighted by molar-refractivity contribution is -0.165. The van der Waals surface area contributed by atoms with E-state index < -0.39 is 66.1 Å². The summed E-state index contributed by atoms with van der Waals surface area (Å²) in [4.78, 5) is 70.7. The number of amides is 4. The second kappa shape index (κ2) is 21.3. The number of nitrogens with one attached hydrogen (secondary N) is 4. The van der Waals surface area contributed by atoms with Crippen LogP contribution in [0.25, 0.3) is 11.1 Å². The van der Waals surface area contributed by atoms with Gasteiger partial charge in [-0.2, -0.15) is 0 Å². The van der Waals surface area contributed by atoms with Crippen LogP contribution >= 0.6 is 0 Å². The molecule has 0 aromatic heterocycles. The van der Waals surface area contributed by atoms with Crippen LogP contribution in [-0.2, 0) is 40.0 Å². The largest absolute Gasteiger partial charge is 0.458 e. The second-order valence-corrected chi connectivity index (χ2v) is 17.6. The van der Waals surface area contributed by atoms with Gasteiger partial charge in [0.1, 0.15) is 24.3 Å². The van der Waals surface area contributed by atoms with Crippen LogP contribution in [0.1, 0.15) is 90.3 Å². The van der Waals surface area contributed by atoms with Gasteiger partial charge in [0.15, 0.2) is 0 Å². The molecule has 324 valence electrons. The standard InChI is InChI=1S/C47H63N5O8/c1-30(2)23-39-44(55)51-40(29-58-27-32-15-9-8-10-16-32)43(54)48-26-42(53)52(41(24-31(3)4)45(56)60-47(5,6)7)22-21-33(50-39)25-49-46(57)59-28-38-36-19-13-11-17-34(36)35-18-12-14-20-37(35)38/h8-20,30-31,33,38-41,50H,21-29H2,1-7H3,(H,48,54)(H,49,57)(H,51,55)/t33?,39-,40-,41-/m0/s1. The quantitative estimate of drug-likeness (QED) is 0.149. The lowest BCUT2D eigenvalue weighted by Gasteiger charge is -2.35. The molecular weight excluding hydrogens is 763 g/mol. The molecule has 2 aliphatic rings. The van der Waals surface area contributed by atoms with Gasteiger partial charge >= 0.3 is 12.1 Å². The molecule has 60 heavy (non-hydrogen) atoms. The number of carbonyl (C=O) groups is 5. The molecule has 0 bridgehead atoms. The predicted octanol–water partition coefficient (Wildman–Crippen LogP) is 5.70. The molecule has 0 saturated carbocycles. The highest BCUT2D eigenvalue weighted by Crippen LogP contribution is 2.44. The summed E-state index contributed by atoms with van der Waals surface area (Å²) in [5.41, 5.74) is 4.50. The van der Waals surface area contributed by atoms with Gasteiger partial charge in [0, 0.05) is 25.0 Å². The molecule has 13 nitrogen and oxygen atoms in total. The van der Waals surface area contributed by atoms with Crippen LogP contribution in [0.2, 0.25) is 0 Å². The van der Waals surface area contributed by atoms with Crippen molar-refractivity contribution >= 4 is 29.8 Å². The van der Waals surface area contributed by atoms with Crippen molar-refractivity contribution in [2.45, 2.75) is 110 Å². The molecular formula is C47H63N5O8. The molecule has 3 aromatic carbocycles. The number of fused-ring (bicyclic) bond motifs is 3. The minimum atomic E-state index is -1.13. The number of rotatable bonds is 14. The molecule has 1 aliphatic heterocycles. The lowest BCUT2D eigenvalue weighted by Crippen LogP contribution is -2.57. The van der Waals surface area contributed by atoms with Gasteiger partial charge in [-0.1, -0.05) is 107 Å². The Bertz CT molecular complexity index is 1880. The molecule has 4 atom stereocenters. The SMILES string of the molecule is CC(C)C[C@@H]1NC(CNC(=O)OCC2c3ccccc3-c3ccccc32)CCN([C@@H](CC(C)C)C(=O)OC(C)(C)C)C(=O)CNC(=O)[C@H](COCc2ccccc2)NC1=O. The Hall–Kier alpha value is -5.27. The summed E-state index contributed by atoms with van der Waals surface area (Å²) in [7, 11) is 0. The fourth-order valence-corrected chi connectivity index (χ4v) is 7.73. The van der Waals surface area contributed by atoms with Crippen LogP contribution in [0.15, 0.2) is 78.9 Å². The summed E-state index contributed by atoms with van der Waals surface area (Å²) >= 11 is 0. The molecule has 1 aliphatic carbocycles. The summed E-state index contributed by atoms with van der Waals surface area (Å²) in [5, 5.41) is 11.9. The van der Waals surface area contributed by atoms with E-state index in [1.807, 2.05) is 82.3 Å². The van der Waals surface area contributed by atoms with Crippen molar-refractivity contribution in [2.75, 3.05) is 32.8 Å². The highest BCUT2D eigenvalue weighted by atomic mass is 16.6. The van der Waals surface area contributed by atoms with E-state index in [1.165, 1.54) is 4.90 Å². The molecule has 1 saturated heterocycles. The maximum atomic E-state index is 14.2. The topological polar surface area (TPSA) is 164 Å². The van der Waals surface area contributed by atoms with Gasteiger partial charge in [-0.3, -0.25) is 14.4 Å². The molecule has 1 fully saturated rings. The summed E-state index contributed by atoms with van der Waals surface area (Å²) < 4.78 is 17.6. The Morgan fingerprint density at radius 3 is 2.07 bits per heavy atom. The van der Waals surface area contributed by atoms with Crippen molar-refractivity contribution in [3.8, 4) is 11.1 Å². The third-order valence-corrected chi connectivity index (χ3v) is 10.5. The van der Waals surface area contributed by atoms with E-state index in [4.69, 9.17) is 14.2 Å². The zero-order chi connectivity index (χ0) is 43.4. The lowest BCUT2D eigenvalue weighted by atomic mass is 9.98. The first kappa shape index (κ1) is 45.8. The van der Waals surface area contributed by atoms with E-state index in [0.717, 1.165) is 27.8 Å². The van der Waals surface area contributed by atoms with E-state index in [0.29, 0.717) is 12.8 Å². The average molecular weight is 826 g/mol. The molecule has 4 N–H and O–H groups in total. The number of ether oxygens (including phenoxy) is 3. The minimum Gasteiger partial charge on any atom is -0.458 e. The number of alkyl carbamates (subject to hydrolysis) is 1. The van der Waals surface area contributed by atoms with Crippen LogP contribution in [0.4, 0.5) is 4.79 Å². The van der Waals surface area contributed by atoms with Gasteiger partial charge in [-0.05, 0) is 79.7 Å². The molecule has 5 rings (SSSR count). The summed E-state index contributed by atoms with van der Waals surface area (Å²) in [6, 6.07) is 22.2. The number of hydrogen-bond acceptors (Lipinski definition) is 9. The highest BCUT2D eigenvalue weighted by molar-refractivity contribution is 5.93.